The second kappa shape index (κ2) is 8.32. The van der Waals surface area contributed by atoms with Crippen LogP contribution in [0, 0.1) is 5.41 Å². The van der Waals surface area contributed by atoms with Crippen molar-refractivity contribution >= 4 is 5.96 Å². The predicted molar refractivity (Wildman–Crippen MR) is 101 cm³/mol. The van der Waals surface area contributed by atoms with Gasteiger partial charge in [-0.15, -0.1) is 0 Å². The van der Waals surface area contributed by atoms with E-state index < -0.39 is 0 Å². The van der Waals surface area contributed by atoms with Crippen molar-refractivity contribution in [1.82, 2.24) is 10.6 Å². The lowest BCUT2D eigenvalue weighted by Gasteiger charge is -2.35. The zero-order chi connectivity index (χ0) is 18.4. The number of aliphatic imine (C=N–C) groups is 1. The molecule has 1 saturated carbocycles. The first kappa shape index (κ1) is 19.2. The molecule has 1 fully saturated rings. The Hall–Kier alpha value is -2.11. The minimum absolute atomic E-state index is 0.0149. The normalized spacial score (nSPS) is 17.9. The Morgan fingerprint density at radius 2 is 1.76 bits per heavy atom. The molecule has 6 heteroatoms. The summed E-state index contributed by atoms with van der Waals surface area (Å²) in [6.07, 6.45) is 4.78. The molecule has 0 heterocycles. The highest BCUT2D eigenvalue weighted by Crippen LogP contribution is 2.37. The van der Waals surface area contributed by atoms with E-state index in [0.29, 0.717) is 29.5 Å². The summed E-state index contributed by atoms with van der Waals surface area (Å²) in [5.74, 6) is 1.60. The van der Waals surface area contributed by atoms with Crippen molar-refractivity contribution < 1.29 is 14.6 Å². The third-order valence-corrected chi connectivity index (χ3v) is 4.90. The average Bonchev–Trinajstić information content (AvgIpc) is 2.60. The van der Waals surface area contributed by atoms with E-state index in [9.17, 15) is 5.11 Å². The number of aromatic hydroxyl groups is 1. The Morgan fingerprint density at radius 3 is 2.24 bits per heavy atom. The van der Waals surface area contributed by atoms with Crippen LogP contribution < -0.4 is 20.1 Å². The van der Waals surface area contributed by atoms with Gasteiger partial charge < -0.3 is 25.2 Å². The highest BCUT2D eigenvalue weighted by molar-refractivity contribution is 5.80. The highest BCUT2D eigenvalue weighted by atomic mass is 16.5. The molecular formula is C19H31N3O3. The van der Waals surface area contributed by atoms with E-state index >= 15 is 0 Å². The van der Waals surface area contributed by atoms with Crippen molar-refractivity contribution in [3.63, 3.8) is 0 Å². The van der Waals surface area contributed by atoms with Crippen molar-refractivity contribution in [2.75, 3.05) is 21.3 Å². The maximum Gasteiger partial charge on any atom is 0.200 e. The Kier molecular flexibility index (Phi) is 6.39. The molecule has 3 N–H and O–H groups in total. The van der Waals surface area contributed by atoms with Crippen LogP contribution in [0.1, 0.15) is 45.1 Å². The average molecular weight is 349 g/mol. The van der Waals surface area contributed by atoms with Crippen molar-refractivity contribution in [3.05, 3.63) is 17.7 Å². The molecule has 0 saturated heterocycles. The molecule has 0 atom stereocenters. The standard InChI is InChI=1S/C19H31N3O3/c1-19(2)8-6-14(7-9-19)22-18(20-3)21-12-13-10-15(24-4)17(23)16(11-13)25-5/h10-11,14,23H,6-9,12H2,1-5H3,(H2,20,21,22). The minimum atomic E-state index is 0.0149. The van der Waals surface area contributed by atoms with Crippen molar-refractivity contribution in [2.45, 2.75) is 52.1 Å². The number of hydrogen-bond acceptors (Lipinski definition) is 4. The number of ether oxygens (including phenoxy) is 2. The van der Waals surface area contributed by atoms with Crippen LogP contribution in [0.3, 0.4) is 0 Å². The smallest absolute Gasteiger partial charge is 0.200 e. The minimum Gasteiger partial charge on any atom is -0.502 e. The van der Waals surface area contributed by atoms with Crippen LogP contribution in [-0.2, 0) is 6.54 Å². The third-order valence-electron chi connectivity index (χ3n) is 4.90. The molecule has 0 amide bonds. The number of hydrogen-bond donors (Lipinski definition) is 3. The molecule has 140 valence electrons. The fourth-order valence-electron chi connectivity index (χ4n) is 3.17. The molecule has 0 radical (unpaired) electrons. The number of guanidine groups is 1. The summed E-state index contributed by atoms with van der Waals surface area (Å²) < 4.78 is 10.4. The maximum atomic E-state index is 9.99. The lowest BCUT2D eigenvalue weighted by molar-refractivity contribution is 0.216. The van der Waals surface area contributed by atoms with Gasteiger partial charge in [-0.1, -0.05) is 13.8 Å². The van der Waals surface area contributed by atoms with Crippen LogP contribution in [-0.4, -0.2) is 38.4 Å². The Morgan fingerprint density at radius 1 is 1.20 bits per heavy atom. The van der Waals surface area contributed by atoms with E-state index in [1.807, 2.05) is 0 Å². The summed E-state index contributed by atoms with van der Waals surface area (Å²) in [5.41, 5.74) is 1.40. The van der Waals surface area contributed by atoms with Crippen molar-refractivity contribution in [1.29, 1.82) is 0 Å². The molecule has 1 aliphatic carbocycles. The number of benzene rings is 1. The number of phenols is 1. The van der Waals surface area contributed by atoms with Gasteiger partial charge in [-0.2, -0.15) is 0 Å². The number of nitrogens with one attached hydrogen (secondary N) is 2. The molecule has 0 unspecified atom stereocenters. The number of rotatable bonds is 5. The number of phenolic OH excluding ortho intramolecular Hbond substituents is 1. The van der Waals surface area contributed by atoms with Gasteiger partial charge in [-0.05, 0) is 48.8 Å². The van der Waals surface area contributed by atoms with Gasteiger partial charge in [-0.25, -0.2) is 0 Å². The van der Waals surface area contributed by atoms with Gasteiger partial charge >= 0.3 is 0 Å². The second-order valence-electron chi connectivity index (χ2n) is 7.36. The highest BCUT2D eigenvalue weighted by Gasteiger charge is 2.27. The summed E-state index contributed by atoms with van der Waals surface area (Å²) >= 11 is 0. The topological polar surface area (TPSA) is 75.1 Å². The first-order chi connectivity index (χ1) is 11.9. The quantitative estimate of drug-likeness (QED) is 0.563. The SMILES string of the molecule is CN=C(NCc1cc(OC)c(O)c(OC)c1)NC1CCC(C)(C)CC1. The molecule has 0 bridgehead atoms. The van der Waals surface area contributed by atoms with Gasteiger partial charge in [0.1, 0.15) is 0 Å². The lowest BCUT2D eigenvalue weighted by atomic mass is 9.75. The molecule has 0 spiro atoms. The van der Waals surface area contributed by atoms with E-state index in [-0.39, 0.29) is 5.75 Å². The third kappa shape index (κ3) is 5.18. The zero-order valence-corrected chi connectivity index (χ0v) is 16.0. The van der Waals surface area contributed by atoms with E-state index in [2.05, 4.69) is 29.5 Å². The number of methoxy groups -OCH3 is 2. The summed E-state index contributed by atoms with van der Waals surface area (Å²) in [5, 5.41) is 16.8. The van der Waals surface area contributed by atoms with E-state index in [1.165, 1.54) is 27.1 Å². The van der Waals surface area contributed by atoms with Gasteiger partial charge in [0.05, 0.1) is 14.2 Å². The van der Waals surface area contributed by atoms with Gasteiger partial charge in [0, 0.05) is 19.6 Å². The molecule has 0 aliphatic heterocycles. The summed E-state index contributed by atoms with van der Waals surface area (Å²) in [7, 11) is 4.83. The van der Waals surface area contributed by atoms with Crippen LogP contribution in [0.25, 0.3) is 0 Å². The summed E-state index contributed by atoms with van der Waals surface area (Å²) in [4.78, 5) is 4.32. The van der Waals surface area contributed by atoms with Crippen LogP contribution in [0.2, 0.25) is 0 Å². The van der Waals surface area contributed by atoms with Crippen LogP contribution in [0.5, 0.6) is 17.2 Å². The first-order valence-corrected chi connectivity index (χ1v) is 8.79. The fourth-order valence-corrected chi connectivity index (χ4v) is 3.17. The molecule has 2 rings (SSSR count). The van der Waals surface area contributed by atoms with E-state index in [4.69, 9.17) is 9.47 Å². The summed E-state index contributed by atoms with van der Waals surface area (Å²) in [6, 6.07) is 4.05. The largest absolute Gasteiger partial charge is 0.502 e. The fraction of sp³-hybridized carbons (Fsp3) is 0.632. The van der Waals surface area contributed by atoms with Crippen molar-refractivity contribution in [2.24, 2.45) is 10.4 Å². The monoisotopic (exact) mass is 349 g/mol. The van der Waals surface area contributed by atoms with Gasteiger partial charge in [-0.3, -0.25) is 4.99 Å². The Balaban J connectivity index is 1.95. The lowest BCUT2D eigenvalue weighted by Crippen LogP contribution is -2.45. The van der Waals surface area contributed by atoms with Crippen LogP contribution in [0.4, 0.5) is 0 Å². The molecule has 6 nitrogen and oxygen atoms in total. The van der Waals surface area contributed by atoms with Gasteiger partial charge in [0.2, 0.25) is 5.75 Å². The predicted octanol–water partition coefficient (Wildman–Crippen LogP) is 3.04. The second-order valence-corrected chi connectivity index (χ2v) is 7.36. The Labute approximate surface area is 150 Å². The van der Waals surface area contributed by atoms with E-state index in [1.54, 1.807) is 19.2 Å². The Bertz CT molecular complexity index is 579. The van der Waals surface area contributed by atoms with Crippen molar-refractivity contribution in [3.8, 4) is 17.2 Å². The molecule has 1 aliphatic rings. The molecule has 1 aromatic carbocycles. The van der Waals surface area contributed by atoms with Gasteiger partial charge in [0.25, 0.3) is 0 Å². The molecule has 1 aromatic rings. The van der Waals surface area contributed by atoms with Gasteiger partial charge in [0.15, 0.2) is 17.5 Å². The van der Waals surface area contributed by atoms with Crippen LogP contribution >= 0.6 is 0 Å². The number of nitrogens with zero attached hydrogens (tertiary/aromatic N) is 1. The molecular weight excluding hydrogens is 318 g/mol. The molecule has 0 aromatic heterocycles. The van der Waals surface area contributed by atoms with E-state index in [0.717, 1.165) is 24.4 Å². The molecule has 25 heavy (non-hydrogen) atoms. The first-order valence-electron chi connectivity index (χ1n) is 8.79. The maximum absolute atomic E-state index is 9.99. The van der Waals surface area contributed by atoms with Crippen LogP contribution in [0.15, 0.2) is 17.1 Å². The zero-order valence-electron chi connectivity index (χ0n) is 16.0. The summed E-state index contributed by atoms with van der Waals surface area (Å²) in [6.45, 7) is 5.23.